The lowest BCUT2D eigenvalue weighted by Crippen LogP contribution is -2.38. The maximum Gasteiger partial charge on any atom is 0.327 e. The third-order valence-electron chi connectivity index (χ3n) is 4.64. The van der Waals surface area contributed by atoms with Crippen LogP contribution in [-0.4, -0.2) is 12.1 Å². The molecular formula is C18H27NO2. The number of hydrogen-bond donors (Lipinski definition) is 1. The second kappa shape index (κ2) is 7.08. The summed E-state index contributed by atoms with van der Waals surface area (Å²) in [5.41, 5.74) is 6.85. The van der Waals surface area contributed by atoms with Crippen molar-refractivity contribution in [2.24, 2.45) is 23.5 Å². The van der Waals surface area contributed by atoms with Crippen molar-refractivity contribution in [1.29, 1.82) is 0 Å². The van der Waals surface area contributed by atoms with E-state index in [4.69, 9.17) is 10.5 Å². The predicted molar refractivity (Wildman–Crippen MR) is 84.6 cm³/mol. The Balaban J connectivity index is 2.02. The zero-order chi connectivity index (χ0) is 15.4. The van der Waals surface area contributed by atoms with Crippen molar-refractivity contribution in [3.05, 3.63) is 35.9 Å². The Bertz CT molecular complexity index is 458. The maximum absolute atomic E-state index is 12.3. The number of hydrogen-bond acceptors (Lipinski definition) is 3. The van der Waals surface area contributed by atoms with E-state index in [0.717, 1.165) is 18.4 Å². The van der Waals surface area contributed by atoms with E-state index in [-0.39, 0.29) is 12.1 Å². The van der Waals surface area contributed by atoms with Gasteiger partial charge in [0.25, 0.3) is 0 Å². The highest BCUT2D eigenvalue weighted by atomic mass is 16.5. The van der Waals surface area contributed by atoms with Crippen LogP contribution in [0.2, 0.25) is 0 Å². The van der Waals surface area contributed by atoms with Crippen LogP contribution in [0.15, 0.2) is 30.3 Å². The molecule has 0 aliphatic heterocycles. The molecule has 2 rings (SSSR count). The Hall–Kier alpha value is -1.35. The highest BCUT2D eigenvalue weighted by Crippen LogP contribution is 2.35. The van der Waals surface area contributed by atoms with E-state index < -0.39 is 6.04 Å². The van der Waals surface area contributed by atoms with Gasteiger partial charge in [0.2, 0.25) is 0 Å². The van der Waals surface area contributed by atoms with Crippen molar-refractivity contribution in [1.82, 2.24) is 0 Å². The van der Waals surface area contributed by atoms with Gasteiger partial charge in [0, 0.05) is 0 Å². The summed E-state index contributed by atoms with van der Waals surface area (Å²) in [7, 11) is 0. The summed E-state index contributed by atoms with van der Waals surface area (Å²) in [5, 5.41) is 0. The van der Waals surface area contributed by atoms with Crippen molar-refractivity contribution in [3.8, 4) is 0 Å². The molecule has 0 aromatic heterocycles. The Morgan fingerprint density at radius 2 is 1.90 bits per heavy atom. The van der Waals surface area contributed by atoms with Crippen molar-refractivity contribution in [3.63, 3.8) is 0 Å². The van der Waals surface area contributed by atoms with Gasteiger partial charge >= 0.3 is 5.97 Å². The minimum absolute atomic E-state index is 0.0102. The van der Waals surface area contributed by atoms with Crippen LogP contribution in [0.1, 0.15) is 51.6 Å². The van der Waals surface area contributed by atoms with Gasteiger partial charge in [-0.25, -0.2) is 4.79 Å². The number of esters is 1. The van der Waals surface area contributed by atoms with Gasteiger partial charge in [-0.05, 0) is 36.2 Å². The molecular weight excluding hydrogens is 262 g/mol. The summed E-state index contributed by atoms with van der Waals surface area (Å²) >= 11 is 0. The monoisotopic (exact) mass is 289 g/mol. The van der Waals surface area contributed by atoms with Crippen LogP contribution in [0.4, 0.5) is 0 Å². The smallest absolute Gasteiger partial charge is 0.327 e. The number of nitrogens with two attached hydrogens (primary N) is 1. The molecule has 1 aromatic rings. The lowest BCUT2D eigenvalue weighted by Gasteiger charge is -2.37. The van der Waals surface area contributed by atoms with E-state index in [2.05, 4.69) is 20.8 Å². The molecule has 1 aliphatic carbocycles. The molecule has 0 saturated heterocycles. The first-order valence-corrected chi connectivity index (χ1v) is 8.00. The summed E-state index contributed by atoms with van der Waals surface area (Å²) < 4.78 is 5.79. The zero-order valence-electron chi connectivity index (χ0n) is 13.3. The molecule has 1 saturated carbocycles. The SMILES string of the molecule is CC(C)[C@@H]1CC[C@@H](C)C[C@H]1OC(=O)[C@@H](N)c1ccccc1. The average Bonchev–Trinajstić information content (AvgIpc) is 2.47. The van der Waals surface area contributed by atoms with E-state index in [1.165, 1.54) is 6.42 Å². The fourth-order valence-corrected chi connectivity index (χ4v) is 3.27. The predicted octanol–water partition coefficient (Wildman–Crippen LogP) is 3.69. The molecule has 0 bridgehead atoms. The summed E-state index contributed by atoms with van der Waals surface area (Å²) in [4.78, 5) is 12.3. The molecule has 0 radical (unpaired) electrons. The van der Waals surface area contributed by atoms with Gasteiger partial charge in [-0.2, -0.15) is 0 Å². The molecule has 2 N–H and O–H groups in total. The maximum atomic E-state index is 12.3. The van der Waals surface area contributed by atoms with E-state index in [0.29, 0.717) is 17.8 Å². The number of carbonyl (C=O) groups is 1. The number of ether oxygens (including phenoxy) is 1. The second-order valence-electron chi connectivity index (χ2n) is 6.69. The highest BCUT2D eigenvalue weighted by Gasteiger charge is 2.34. The van der Waals surface area contributed by atoms with Crippen LogP contribution in [0.25, 0.3) is 0 Å². The Morgan fingerprint density at radius 3 is 2.52 bits per heavy atom. The van der Waals surface area contributed by atoms with Gasteiger partial charge < -0.3 is 10.5 Å². The summed E-state index contributed by atoms with van der Waals surface area (Å²) in [6.07, 6.45) is 3.32. The van der Waals surface area contributed by atoms with Gasteiger partial charge in [0.05, 0.1) is 0 Å². The molecule has 1 aromatic carbocycles. The molecule has 0 heterocycles. The van der Waals surface area contributed by atoms with E-state index >= 15 is 0 Å². The molecule has 1 aliphatic rings. The third kappa shape index (κ3) is 4.07. The second-order valence-corrected chi connectivity index (χ2v) is 6.69. The first kappa shape index (κ1) is 16.0. The largest absolute Gasteiger partial charge is 0.461 e. The Labute approximate surface area is 127 Å². The standard InChI is InChI=1S/C18H27NO2/c1-12(2)15-10-9-13(3)11-16(15)21-18(20)17(19)14-7-5-4-6-8-14/h4-8,12-13,15-17H,9-11,19H2,1-3H3/t13-,15+,16-,17+/m1/s1. The summed E-state index contributed by atoms with van der Waals surface area (Å²) in [6.45, 7) is 6.64. The van der Waals surface area contributed by atoms with Gasteiger partial charge in [0.1, 0.15) is 12.1 Å². The molecule has 0 unspecified atom stereocenters. The van der Waals surface area contributed by atoms with Crippen LogP contribution in [0.3, 0.4) is 0 Å². The van der Waals surface area contributed by atoms with E-state index in [9.17, 15) is 4.79 Å². The van der Waals surface area contributed by atoms with Crippen LogP contribution in [-0.2, 0) is 9.53 Å². The molecule has 0 spiro atoms. The van der Waals surface area contributed by atoms with Crippen molar-refractivity contribution in [2.45, 2.75) is 52.2 Å². The quantitative estimate of drug-likeness (QED) is 0.860. The molecule has 21 heavy (non-hydrogen) atoms. The van der Waals surface area contributed by atoms with Crippen LogP contribution in [0, 0.1) is 17.8 Å². The summed E-state index contributed by atoms with van der Waals surface area (Å²) in [5.74, 6) is 1.30. The molecule has 3 nitrogen and oxygen atoms in total. The lowest BCUT2D eigenvalue weighted by molar-refractivity contribution is -0.157. The molecule has 4 atom stereocenters. The molecule has 3 heteroatoms. The Kier molecular flexibility index (Phi) is 5.40. The van der Waals surface area contributed by atoms with Crippen molar-refractivity contribution in [2.75, 3.05) is 0 Å². The number of carbonyl (C=O) groups excluding carboxylic acids is 1. The van der Waals surface area contributed by atoms with Crippen LogP contribution < -0.4 is 5.73 Å². The van der Waals surface area contributed by atoms with Gasteiger partial charge in [-0.1, -0.05) is 57.5 Å². The first-order valence-electron chi connectivity index (χ1n) is 8.00. The molecule has 0 amide bonds. The normalized spacial score (nSPS) is 27.4. The fourth-order valence-electron chi connectivity index (χ4n) is 3.27. The number of rotatable bonds is 4. The fraction of sp³-hybridized carbons (Fsp3) is 0.611. The average molecular weight is 289 g/mol. The van der Waals surface area contributed by atoms with E-state index in [1.54, 1.807) is 0 Å². The third-order valence-corrected chi connectivity index (χ3v) is 4.64. The minimum Gasteiger partial charge on any atom is -0.461 e. The number of benzene rings is 1. The van der Waals surface area contributed by atoms with Crippen molar-refractivity contribution >= 4 is 5.97 Å². The van der Waals surface area contributed by atoms with Gasteiger partial charge in [-0.15, -0.1) is 0 Å². The van der Waals surface area contributed by atoms with Crippen LogP contribution >= 0.6 is 0 Å². The van der Waals surface area contributed by atoms with Crippen molar-refractivity contribution < 1.29 is 9.53 Å². The van der Waals surface area contributed by atoms with E-state index in [1.807, 2.05) is 30.3 Å². The summed E-state index contributed by atoms with van der Waals surface area (Å²) in [6, 6.07) is 8.75. The zero-order valence-corrected chi connectivity index (χ0v) is 13.3. The van der Waals surface area contributed by atoms with Gasteiger partial charge in [-0.3, -0.25) is 0 Å². The van der Waals surface area contributed by atoms with Gasteiger partial charge in [0.15, 0.2) is 0 Å². The Morgan fingerprint density at radius 1 is 1.24 bits per heavy atom. The van der Waals surface area contributed by atoms with Crippen LogP contribution in [0.5, 0.6) is 0 Å². The lowest BCUT2D eigenvalue weighted by atomic mass is 9.75. The topological polar surface area (TPSA) is 52.3 Å². The molecule has 116 valence electrons. The highest BCUT2D eigenvalue weighted by molar-refractivity contribution is 5.77. The molecule has 1 fully saturated rings. The first-order chi connectivity index (χ1) is 9.99. The minimum atomic E-state index is -0.684.